The second kappa shape index (κ2) is 7.08. The minimum atomic E-state index is -0.212. The quantitative estimate of drug-likeness (QED) is 0.832. The van der Waals surface area contributed by atoms with Gasteiger partial charge in [0.2, 0.25) is 5.91 Å². The van der Waals surface area contributed by atoms with Crippen LogP contribution in [0.4, 0.5) is 5.69 Å². The van der Waals surface area contributed by atoms with Crippen molar-refractivity contribution in [2.45, 2.75) is 25.8 Å². The molecule has 0 spiro atoms. The summed E-state index contributed by atoms with van der Waals surface area (Å²) in [6.07, 6.45) is 6.97. The van der Waals surface area contributed by atoms with Crippen LogP contribution in [0.25, 0.3) is 6.08 Å². The SMILES string of the molecule is Cc1cc(NC(=O)/C=C\c2ccc(C(=O)NC3CC3)cc2)ccn1. The summed E-state index contributed by atoms with van der Waals surface area (Å²) in [6, 6.07) is 11.1. The number of carbonyl (C=O) groups excluding carboxylic acids is 2. The number of benzene rings is 1. The molecule has 0 aliphatic heterocycles. The standard InChI is InChI=1S/C19H19N3O2/c1-13-12-17(10-11-20-13)21-18(23)9-4-14-2-5-15(6-3-14)19(24)22-16-7-8-16/h2-6,9-12,16H,7-8H2,1H3,(H,22,24)(H,20,21,23)/b9-4-. The van der Waals surface area contributed by atoms with E-state index in [4.69, 9.17) is 0 Å². The fourth-order valence-electron chi connectivity index (χ4n) is 2.22. The molecule has 0 atom stereocenters. The van der Waals surface area contributed by atoms with Crippen molar-refractivity contribution in [3.05, 3.63) is 65.5 Å². The molecule has 1 saturated carbocycles. The third kappa shape index (κ3) is 4.52. The minimum Gasteiger partial charge on any atom is -0.349 e. The molecule has 24 heavy (non-hydrogen) atoms. The summed E-state index contributed by atoms with van der Waals surface area (Å²) in [5.41, 5.74) is 3.05. The molecule has 1 aliphatic carbocycles. The molecular weight excluding hydrogens is 302 g/mol. The number of rotatable bonds is 5. The monoisotopic (exact) mass is 321 g/mol. The minimum absolute atomic E-state index is 0.0428. The highest BCUT2D eigenvalue weighted by molar-refractivity contribution is 6.02. The smallest absolute Gasteiger partial charge is 0.251 e. The first kappa shape index (κ1) is 15.9. The zero-order chi connectivity index (χ0) is 16.9. The molecule has 2 aromatic rings. The van der Waals surface area contributed by atoms with Crippen molar-refractivity contribution in [2.75, 3.05) is 5.32 Å². The molecule has 1 fully saturated rings. The number of hydrogen-bond acceptors (Lipinski definition) is 3. The zero-order valence-corrected chi connectivity index (χ0v) is 13.5. The maximum atomic E-state index is 11.9. The van der Waals surface area contributed by atoms with Gasteiger partial charge in [-0.15, -0.1) is 0 Å². The maximum absolute atomic E-state index is 11.9. The largest absolute Gasteiger partial charge is 0.349 e. The summed E-state index contributed by atoms with van der Waals surface area (Å²) in [5, 5.41) is 5.73. The van der Waals surface area contributed by atoms with Gasteiger partial charge in [0.05, 0.1) is 0 Å². The maximum Gasteiger partial charge on any atom is 0.251 e. The van der Waals surface area contributed by atoms with Gasteiger partial charge in [0.1, 0.15) is 0 Å². The highest BCUT2D eigenvalue weighted by Gasteiger charge is 2.23. The first-order valence-corrected chi connectivity index (χ1v) is 7.93. The lowest BCUT2D eigenvalue weighted by Gasteiger charge is -2.04. The molecule has 1 aromatic carbocycles. The molecule has 1 aliphatic rings. The van der Waals surface area contributed by atoms with Crippen molar-refractivity contribution in [3.63, 3.8) is 0 Å². The van der Waals surface area contributed by atoms with Crippen molar-refractivity contribution < 1.29 is 9.59 Å². The first-order chi connectivity index (χ1) is 11.6. The molecule has 1 heterocycles. The number of aryl methyl sites for hydroxylation is 1. The predicted octanol–water partition coefficient (Wildman–Crippen LogP) is 2.93. The van der Waals surface area contributed by atoms with E-state index in [1.165, 1.54) is 6.08 Å². The number of nitrogens with zero attached hydrogens (tertiary/aromatic N) is 1. The Morgan fingerprint density at radius 2 is 1.92 bits per heavy atom. The highest BCUT2D eigenvalue weighted by Crippen LogP contribution is 2.19. The first-order valence-electron chi connectivity index (χ1n) is 7.93. The van der Waals surface area contributed by atoms with Gasteiger partial charge in [0.15, 0.2) is 0 Å². The summed E-state index contributed by atoms with van der Waals surface area (Å²) in [6.45, 7) is 1.87. The van der Waals surface area contributed by atoms with E-state index in [9.17, 15) is 9.59 Å². The van der Waals surface area contributed by atoms with Crippen LogP contribution in [-0.2, 0) is 4.79 Å². The Morgan fingerprint density at radius 1 is 1.17 bits per heavy atom. The summed E-state index contributed by atoms with van der Waals surface area (Å²) in [7, 11) is 0. The second-order valence-electron chi connectivity index (χ2n) is 5.88. The Bertz CT molecular complexity index is 777. The average molecular weight is 321 g/mol. The van der Waals surface area contributed by atoms with Gasteiger partial charge in [-0.3, -0.25) is 14.6 Å². The number of anilines is 1. The number of amides is 2. The van der Waals surface area contributed by atoms with Gasteiger partial charge in [0.25, 0.3) is 5.91 Å². The van der Waals surface area contributed by atoms with E-state index in [2.05, 4.69) is 15.6 Å². The van der Waals surface area contributed by atoms with Crippen molar-refractivity contribution >= 4 is 23.6 Å². The summed E-state index contributed by atoms with van der Waals surface area (Å²) < 4.78 is 0. The molecule has 122 valence electrons. The molecule has 0 radical (unpaired) electrons. The summed E-state index contributed by atoms with van der Waals surface area (Å²) in [4.78, 5) is 27.9. The Labute approximate surface area is 140 Å². The number of carbonyl (C=O) groups is 2. The lowest BCUT2D eigenvalue weighted by Crippen LogP contribution is -2.25. The molecule has 0 saturated heterocycles. The number of aromatic nitrogens is 1. The fraction of sp³-hybridized carbons (Fsp3) is 0.211. The van der Waals surface area contributed by atoms with E-state index in [0.29, 0.717) is 17.3 Å². The molecule has 5 heteroatoms. The normalized spacial score (nSPS) is 13.7. The van der Waals surface area contributed by atoms with E-state index in [0.717, 1.165) is 24.1 Å². The van der Waals surface area contributed by atoms with Gasteiger partial charge in [-0.05, 0) is 55.7 Å². The fourth-order valence-corrected chi connectivity index (χ4v) is 2.22. The second-order valence-corrected chi connectivity index (χ2v) is 5.88. The van der Waals surface area contributed by atoms with Gasteiger partial charge in [-0.2, -0.15) is 0 Å². The molecule has 5 nitrogen and oxygen atoms in total. The van der Waals surface area contributed by atoms with Crippen molar-refractivity contribution in [2.24, 2.45) is 0 Å². The van der Waals surface area contributed by atoms with Crippen LogP contribution < -0.4 is 10.6 Å². The predicted molar refractivity (Wildman–Crippen MR) is 93.6 cm³/mol. The average Bonchev–Trinajstić information content (AvgIpc) is 3.37. The Balaban J connectivity index is 1.57. The summed E-state index contributed by atoms with van der Waals surface area (Å²) in [5.74, 6) is -0.255. The molecule has 1 aromatic heterocycles. The molecule has 0 unspecified atom stereocenters. The van der Waals surface area contributed by atoms with Crippen LogP contribution in [0.5, 0.6) is 0 Å². The van der Waals surface area contributed by atoms with Gasteiger partial charge in [-0.1, -0.05) is 12.1 Å². The van der Waals surface area contributed by atoms with Crippen LogP contribution in [0.3, 0.4) is 0 Å². The van der Waals surface area contributed by atoms with Crippen molar-refractivity contribution in [1.29, 1.82) is 0 Å². The topological polar surface area (TPSA) is 71.1 Å². The molecule has 0 bridgehead atoms. The van der Waals surface area contributed by atoms with Gasteiger partial charge >= 0.3 is 0 Å². The van der Waals surface area contributed by atoms with Gasteiger partial charge in [-0.25, -0.2) is 0 Å². The van der Waals surface area contributed by atoms with E-state index in [1.807, 2.05) is 19.1 Å². The lowest BCUT2D eigenvalue weighted by atomic mass is 10.1. The van der Waals surface area contributed by atoms with Crippen LogP contribution >= 0.6 is 0 Å². The highest BCUT2D eigenvalue weighted by atomic mass is 16.2. The van der Waals surface area contributed by atoms with Crippen molar-refractivity contribution in [1.82, 2.24) is 10.3 Å². The number of pyridine rings is 1. The molecule has 2 N–H and O–H groups in total. The van der Waals surface area contributed by atoms with Crippen LogP contribution in [0.15, 0.2) is 48.7 Å². The Hall–Kier alpha value is -2.95. The summed E-state index contributed by atoms with van der Waals surface area (Å²) >= 11 is 0. The third-order valence-corrected chi connectivity index (χ3v) is 3.68. The van der Waals surface area contributed by atoms with E-state index in [-0.39, 0.29) is 11.8 Å². The Kier molecular flexibility index (Phi) is 4.70. The van der Waals surface area contributed by atoms with Crippen LogP contribution in [0.2, 0.25) is 0 Å². The third-order valence-electron chi connectivity index (χ3n) is 3.68. The number of nitrogens with one attached hydrogen (secondary N) is 2. The molecule has 3 rings (SSSR count). The number of hydrogen-bond donors (Lipinski definition) is 2. The van der Waals surface area contributed by atoms with E-state index < -0.39 is 0 Å². The Morgan fingerprint density at radius 3 is 2.58 bits per heavy atom. The lowest BCUT2D eigenvalue weighted by molar-refractivity contribution is -0.111. The van der Waals surface area contributed by atoms with Crippen LogP contribution in [0.1, 0.15) is 34.5 Å². The van der Waals surface area contributed by atoms with Crippen molar-refractivity contribution in [3.8, 4) is 0 Å². The van der Waals surface area contributed by atoms with Crippen LogP contribution in [0, 0.1) is 6.92 Å². The molecular formula is C19H19N3O2. The zero-order valence-electron chi connectivity index (χ0n) is 13.5. The van der Waals surface area contributed by atoms with Gasteiger partial charge in [0, 0.05) is 35.3 Å². The van der Waals surface area contributed by atoms with Gasteiger partial charge < -0.3 is 10.6 Å². The van der Waals surface area contributed by atoms with E-state index >= 15 is 0 Å². The molecule has 2 amide bonds. The van der Waals surface area contributed by atoms with Crippen LogP contribution in [-0.4, -0.2) is 22.8 Å². The van der Waals surface area contributed by atoms with E-state index in [1.54, 1.807) is 36.5 Å².